The molecule has 2 heterocycles. The molecule has 2 aliphatic heterocycles. The number of ether oxygens (including phenoxy) is 2. The largest absolute Gasteiger partial charge is 0.497 e. The van der Waals surface area contributed by atoms with E-state index in [0.29, 0.717) is 29.9 Å². The quantitative estimate of drug-likeness (QED) is 0.0867. The zero-order valence-corrected chi connectivity index (χ0v) is 36.5. The lowest BCUT2D eigenvalue weighted by Crippen LogP contribution is -2.52. The third kappa shape index (κ3) is 9.30. The van der Waals surface area contributed by atoms with Crippen LogP contribution in [0.4, 0.5) is 11.4 Å². The van der Waals surface area contributed by atoms with Crippen molar-refractivity contribution in [2.75, 3.05) is 37.0 Å². The van der Waals surface area contributed by atoms with Gasteiger partial charge in [-0.25, -0.2) is 0 Å². The van der Waals surface area contributed by atoms with Gasteiger partial charge >= 0.3 is 0 Å². The van der Waals surface area contributed by atoms with Gasteiger partial charge in [-0.2, -0.15) is 0 Å². The summed E-state index contributed by atoms with van der Waals surface area (Å²) in [4.78, 5) is 46.8. The van der Waals surface area contributed by atoms with Crippen LogP contribution in [0.5, 0.6) is 5.75 Å². The first-order valence-electron chi connectivity index (χ1n) is 20.7. The molecule has 2 N–H and O–H groups in total. The zero-order chi connectivity index (χ0) is 42.3. The molecule has 6 rings (SSSR count). The topological polar surface area (TPSA) is 108 Å². The number of hydrogen-bond acceptors (Lipinski definition) is 6. The molecule has 310 valence electrons. The van der Waals surface area contributed by atoms with E-state index >= 15 is 4.79 Å². The number of carbonyl (C=O) groups is 3. The molecule has 1 spiro atoms. The summed E-state index contributed by atoms with van der Waals surface area (Å²) in [6.45, 7) is 13.7. The fraction of sp³-hybridized carbons (Fsp3) is 0.367. The van der Waals surface area contributed by atoms with E-state index in [1.807, 2.05) is 83.8 Å². The lowest BCUT2D eigenvalue weighted by molar-refractivity contribution is -0.149. The molecule has 10 heteroatoms. The number of carbonyl (C=O) groups excluding carboxylic acids is 3. The normalized spacial score (nSPS) is 20.1. The van der Waals surface area contributed by atoms with Crippen LogP contribution < -0.4 is 20.1 Å². The van der Waals surface area contributed by atoms with E-state index in [1.54, 1.807) is 24.1 Å². The minimum absolute atomic E-state index is 0.0343. The van der Waals surface area contributed by atoms with Crippen LogP contribution >= 0.6 is 0 Å². The van der Waals surface area contributed by atoms with Crippen LogP contribution in [0.2, 0.25) is 18.6 Å². The molecule has 4 atom stereocenters. The van der Waals surface area contributed by atoms with Gasteiger partial charge in [0.1, 0.15) is 5.75 Å². The van der Waals surface area contributed by atoms with Gasteiger partial charge in [0, 0.05) is 42.4 Å². The predicted octanol–water partition coefficient (Wildman–Crippen LogP) is 8.61. The van der Waals surface area contributed by atoms with E-state index in [-0.39, 0.29) is 48.8 Å². The number of methoxy groups -OCH3 is 1. The third-order valence-electron chi connectivity index (χ3n) is 12.2. The number of nitrogens with zero attached hydrogens (tertiary/aromatic N) is 2. The molecule has 0 aliphatic carbocycles. The van der Waals surface area contributed by atoms with Crippen molar-refractivity contribution in [3.8, 4) is 5.75 Å². The lowest BCUT2D eigenvalue weighted by atomic mass is 9.82. The Kier molecular flexibility index (Phi) is 13.8. The lowest BCUT2D eigenvalue weighted by Gasteiger charge is -2.37. The van der Waals surface area contributed by atoms with E-state index in [9.17, 15) is 14.7 Å². The third-order valence-corrected chi connectivity index (χ3v) is 16.5. The molecule has 0 radical (unpaired) electrons. The first kappa shape index (κ1) is 43.3. The number of fused-ring (bicyclic) bond motifs is 2. The first-order chi connectivity index (χ1) is 28.3. The Bertz CT molecular complexity index is 2170. The van der Waals surface area contributed by atoms with Crippen LogP contribution in [0.3, 0.4) is 0 Å². The van der Waals surface area contributed by atoms with Crippen LogP contribution in [0.1, 0.15) is 68.4 Å². The van der Waals surface area contributed by atoms with Gasteiger partial charge in [-0.15, -0.1) is 0 Å². The highest BCUT2D eigenvalue weighted by atomic mass is 28.3. The number of anilines is 2. The molecule has 0 unspecified atom stereocenters. The second-order valence-electron chi connectivity index (χ2n) is 16.7. The smallest absolute Gasteiger partial charge is 0.264 e. The summed E-state index contributed by atoms with van der Waals surface area (Å²) in [7, 11) is -0.924. The summed E-state index contributed by atoms with van der Waals surface area (Å²) in [6, 6.07) is 32.6. The van der Waals surface area contributed by atoms with Crippen LogP contribution in [0.25, 0.3) is 0 Å². The second-order valence-corrected chi connectivity index (χ2v) is 21.4. The summed E-state index contributed by atoms with van der Waals surface area (Å²) in [5, 5.41) is 14.3. The van der Waals surface area contributed by atoms with Crippen molar-refractivity contribution in [1.29, 1.82) is 0 Å². The molecule has 1 fully saturated rings. The van der Waals surface area contributed by atoms with Gasteiger partial charge in [0.05, 0.1) is 40.0 Å². The van der Waals surface area contributed by atoms with Gasteiger partial charge in [0.2, 0.25) is 5.91 Å². The number of aliphatic hydroxyl groups excluding tert-OH is 1. The summed E-state index contributed by atoms with van der Waals surface area (Å²) in [5.74, 6) is -0.182. The second kappa shape index (κ2) is 18.7. The Morgan fingerprint density at radius 2 is 1.63 bits per heavy atom. The maximum Gasteiger partial charge on any atom is 0.264 e. The average molecular weight is 814 g/mol. The molecule has 4 aromatic carbocycles. The maximum atomic E-state index is 15.4. The summed E-state index contributed by atoms with van der Waals surface area (Å²) in [6.07, 6.45) is 5.55. The summed E-state index contributed by atoms with van der Waals surface area (Å²) >= 11 is 0. The van der Waals surface area contributed by atoms with Gasteiger partial charge in [-0.1, -0.05) is 109 Å². The van der Waals surface area contributed by atoms with Crippen LogP contribution in [-0.4, -0.2) is 68.7 Å². The molecule has 0 bridgehead atoms. The first-order valence-corrected chi connectivity index (χ1v) is 23.7. The molecule has 3 amide bonds. The van der Waals surface area contributed by atoms with Gasteiger partial charge < -0.3 is 29.7 Å². The number of allylic oxidation sites excluding steroid dienone is 3. The maximum absolute atomic E-state index is 15.4. The zero-order valence-electron chi connectivity index (χ0n) is 35.5. The van der Waals surface area contributed by atoms with Crippen molar-refractivity contribution in [2.24, 2.45) is 5.92 Å². The van der Waals surface area contributed by atoms with Crippen LogP contribution in [-0.2, 0) is 26.5 Å². The van der Waals surface area contributed by atoms with Crippen molar-refractivity contribution in [3.63, 3.8) is 0 Å². The van der Waals surface area contributed by atoms with Crippen molar-refractivity contribution in [3.05, 3.63) is 143 Å². The molecule has 4 aromatic rings. The van der Waals surface area contributed by atoms with Gasteiger partial charge in [-0.3, -0.25) is 14.4 Å². The molecule has 0 saturated carbocycles. The molecule has 0 aromatic heterocycles. The molecule has 1 saturated heterocycles. The summed E-state index contributed by atoms with van der Waals surface area (Å²) < 4.78 is 12.8. The van der Waals surface area contributed by atoms with E-state index in [2.05, 4.69) is 70.4 Å². The Morgan fingerprint density at radius 1 is 0.949 bits per heavy atom. The molecular formula is C49H59N3O6Si. The molecular weight excluding hydrogens is 755 g/mol. The summed E-state index contributed by atoms with van der Waals surface area (Å²) in [5.41, 5.74) is 4.29. The van der Waals surface area contributed by atoms with Gasteiger partial charge in [0.15, 0.2) is 5.60 Å². The average Bonchev–Trinajstić information content (AvgIpc) is 3.65. The van der Waals surface area contributed by atoms with E-state index in [4.69, 9.17) is 9.47 Å². The van der Waals surface area contributed by atoms with E-state index in [1.165, 1.54) is 11.1 Å². The molecule has 2 aliphatic rings. The fourth-order valence-electron chi connectivity index (χ4n) is 9.02. The van der Waals surface area contributed by atoms with Crippen LogP contribution in [0.15, 0.2) is 126 Å². The fourth-order valence-corrected chi connectivity index (χ4v) is 13.0. The Hall–Kier alpha value is -5.29. The highest BCUT2D eigenvalue weighted by molar-refractivity contribution is 6.91. The number of amides is 3. The Morgan fingerprint density at radius 3 is 2.27 bits per heavy atom. The van der Waals surface area contributed by atoms with Crippen LogP contribution in [0, 0.1) is 5.92 Å². The minimum atomic E-state index is -2.57. The Balaban J connectivity index is 1.44. The highest BCUT2D eigenvalue weighted by Gasteiger charge is 2.66. The number of hydrogen-bond donors (Lipinski definition) is 2. The van der Waals surface area contributed by atoms with Crippen molar-refractivity contribution in [2.45, 2.75) is 83.8 Å². The molecule has 9 nitrogen and oxygen atoms in total. The number of rotatable bonds is 16. The van der Waals surface area contributed by atoms with E-state index in [0.717, 1.165) is 35.0 Å². The van der Waals surface area contributed by atoms with Gasteiger partial charge in [-0.05, 0) is 87.2 Å². The van der Waals surface area contributed by atoms with Crippen molar-refractivity contribution in [1.82, 2.24) is 4.90 Å². The monoisotopic (exact) mass is 813 g/mol. The minimum Gasteiger partial charge on any atom is -0.497 e. The van der Waals surface area contributed by atoms with Crippen molar-refractivity contribution >= 4 is 42.4 Å². The Labute approximate surface area is 350 Å². The SMILES string of the molecule is COc1ccc([Si](C)(C)[C@H]2[C@H](CC(=O)N(CCO)Cc3ccccc3)O[C@@]3(C(=O)N(C/C=C(\C)CCC=C(C)C)c4ccc(NC(=O)c5ccccc5)cc43)[C@@H]2C)cc1. The number of nitrogens with one attached hydrogen (secondary N) is 1. The van der Waals surface area contributed by atoms with E-state index < -0.39 is 19.8 Å². The van der Waals surface area contributed by atoms with Gasteiger partial charge in [0.25, 0.3) is 11.8 Å². The number of aliphatic hydroxyl groups is 1. The number of benzene rings is 4. The highest BCUT2D eigenvalue weighted by Crippen LogP contribution is 2.60. The predicted molar refractivity (Wildman–Crippen MR) is 239 cm³/mol. The molecule has 59 heavy (non-hydrogen) atoms. The standard InChI is InChI=1S/C49H59N3O6Si/c1-34(2)15-14-16-35(3)27-28-52-43-26-21-39(50-47(55)38-19-12-9-13-20-38)31-42(43)49(48(52)56)36(4)46(59(6,7)41-24-22-40(57-5)23-25-41)44(58-49)32-45(54)51(29-30-53)33-37-17-10-8-11-18-37/h8-13,15,17-27,31,36,44,46,53H,14,16,28-30,32-33H2,1-7H3,(H,50,55)/b35-27+/t36-,44+,46-,49+/m1/s1. The van der Waals surface area contributed by atoms with Crippen molar-refractivity contribution < 1.29 is 29.0 Å².